The minimum absolute atomic E-state index is 0.362. The molecule has 26 heavy (non-hydrogen) atoms. The molecule has 0 aromatic heterocycles. The predicted molar refractivity (Wildman–Crippen MR) is 113 cm³/mol. The van der Waals surface area contributed by atoms with Crippen molar-refractivity contribution in [2.75, 3.05) is 0 Å². The number of halogens is 1. The molecule has 0 saturated carbocycles. The van der Waals surface area contributed by atoms with Crippen LogP contribution in [0.4, 0.5) is 0 Å². The third-order valence-electron chi connectivity index (χ3n) is 6.01. The van der Waals surface area contributed by atoms with Gasteiger partial charge in [0.1, 0.15) is 6.29 Å². The normalized spacial score (nSPS) is 23.7. The summed E-state index contributed by atoms with van der Waals surface area (Å²) in [6, 6.07) is 2.26. The van der Waals surface area contributed by atoms with Crippen LogP contribution >= 0.6 is 11.6 Å². The van der Waals surface area contributed by atoms with Crippen LogP contribution in [0.5, 0.6) is 0 Å². The molecule has 0 N–H and O–H groups in total. The number of alkyl halides is 1. The lowest BCUT2D eigenvalue weighted by molar-refractivity contribution is -0.112. The molecule has 3 rings (SSSR count). The molecule has 2 aliphatic carbocycles. The van der Waals surface area contributed by atoms with Gasteiger partial charge in [-0.05, 0) is 77.8 Å². The van der Waals surface area contributed by atoms with Crippen LogP contribution in [-0.4, -0.2) is 11.2 Å². The molecule has 1 nitrogen and oxygen atoms in total. The van der Waals surface area contributed by atoms with E-state index in [0.29, 0.717) is 5.92 Å². The lowest BCUT2D eigenvalue weighted by Crippen LogP contribution is -2.41. The third-order valence-corrected chi connectivity index (χ3v) is 6.34. The number of carbonyl (C=O) groups is 1. The minimum Gasteiger partial charge on any atom is -0.302 e. The van der Waals surface area contributed by atoms with Gasteiger partial charge in [-0.1, -0.05) is 51.2 Å². The standard InChI is InChI=1S/C24H29ClO/c1-6-23(4,15-26)22-19-10-8-7-9-17(19)13-18-11-12-21(16(2)3)24(5,25)14-20(18)22/h7,9,11-16H,6,8,10H2,1-5H3. The van der Waals surface area contributed by atoms with Gasteiger partial charge in [0, 0.05) is 5.41 Å². The zero-order chi connectivity index (χ0) is 19.1. The summed E-state index contributed by atoms with van der Waals surface area (Å²) in [6.45, 7) is 10.6. The topological polar surface area (TPSA) is 17.1 Å². The second kappa shape index (κ2) is 6.85. The van der Waals surface area contributed by atoms with Crippen LogP contribution in [0.15, 0.2) is 23.8 Å². The van der Waals surface area contributed by atoms with E-state index in [1.807, 2.05) is 0 Å². The van der Waals surface area contributed by atoms with Crippen LogP contribution < -0.4 is 10.4 Å². The van der Waals surface area contributed by atoms with E-state index in [2.05, 4.69) is 71.1 Å². The first-order valence-corrected chi connectivity index (χ1v) is 10.0. The van der Waals surface area contributed by atoms with Crippen molar-refractivity contribution in [1.82, 2.24) is 0 Å². The fourth-order valence-corrected chi connectivity index (χ4v) is 4.75. The highest BCUT2D eigenvalue weighted by atomic mass is 35.5. The van der Waals surface area contributed by atoms with E-state index in [1.54, 1.807) is 0 Å². The van der Waals surface area contributed by atoms with Crippen molar-refractivity contribution in [2.24, 2.45) is 5.92 Å². The predicted octanol–water partition coefficient (Wildman–Crippen LogP) is 4.67. The fraction of sp³-hybridized carbons (Fsp3) is 0.458. The van der Waals surface area contributed by atoms with Crippen molar-refractivity contribution in [3.8, 4) is 0 Å². The van der Waals surface area contributed by atoms with E-state index in [4.69, 9.17) is 11.6 Å². The number of rotatable bonds is 4. The van der Waals surface area contributed by atoms with Gasteiger partial charge in [-0.2, -0.15) is 0 Å². The quantitative estimate of drug-likeness (QED) is 0.557. The highest BCUT2D eigenvalue weighted by Crippen LogP contribution is 2.35. The molecule has 1 aromatic carbocycles. The van der Waals surface area contributed by atoms with Gasteiger partial charge in [0.25, 0.3) is 0 Å². The molecule has 0 amide bonds. The lowest BCUT2D eigenvalue weighted by atomic mass is 9.74. The smallest absolute Gasteiger partial charge is 0.130 e. The maximum Gasteiger partial charge on any atom is 0.130 e. The molecule has 0 spiro atoms. The van der Waals surface area contributed by atoms with Gasteiger partial charge < -0.3 is 4.79 Å². The Morgan fingerprint density at radius 3 is 2.69 bits per heavy atom. The number of hydrogen-bond donors (Lipinski definition) is 0. The van der Waals surface area contributed by atoms with Crippen molar-refractivity contribution < 1.29 is 4.79 Å². The van der Waals surface area contributed by atoms with E-state index < -0.39 is 10.3 Å². The van der Waals surface area contributed by atoms with E-state index >= 15 is 0 Å². The summed E-state index contributed by atoms with van der Waals surface area (Å²) in [5, 5.41) is 2.30. The SMILES string of the molecule is CCC(C)(C=O)c1c2c(cc3c1=CC(C)(Cl)C(C(C)C)=CC=3)C=CCC2. The van der Waals surface area contributed by atoms with E-state index in [-0.39, 0.29) is 0 Å². The van der Waals surface area contributed by atoms with Crippen LogP contribution in [0, 0.1) is 5.92 Å². The first-order chi connectivity index (χ1) is 12.2. The first kappa shape index (κ1) is 19.2. The minimum atomic E-state index is -0.555. The van der Waals surface area contributed by atoms with Crippen molar-refractivity contribution >= 4 is 36.1 Å². The maximum atomic E-state index is 12.2. The van der Waals surface area contributed by atoms with Crippen LogP contribution in [0.2, 0.25) is 0 Å². The molecule has 0 radical (unpaired) electrons. The van der Waals surface area contributed by atoms with Crippen LogP contribution in [0.3, 0.4) is 0 Å². The molecule has 138 valence electrons. The third kappa shape index (κ3) is 3.11. The first-order valence-electron chi connectivity index (χ1n) is 9.67. The number of fused-ring (bicyclic) bond motifs is 2. The van der Waals surface area contributed by atoms with Crippen molar-refractivity contribution in [3.05, 3.63) is 50.9 Å². The molecular weight excluding hydrogens is 340 g/mol. The lowest BCUT2D eigenvalue weighted by Gasteiger charge is -2.30. The fourth-order valence-electron chi connectivity index (χ4n) is 4.36. The largest absolute Gasteiger partial charge is 0.302 e. The molecule has 0 bridgehead atoms. The summed E-state index contributed by atoms with van der Waals surface area (Å²) in [5.74, 6) is 0.362. The van der Waals surface area contributed by atoms with Gasteiger partial charge >= 0.3 is 0 Å². The van der Waals surface area contributed by atoms with Gasteiger partial charge in [-0.3, -0.25) is 0 Å². The molecule has 1 aromatic rings. The summed E-state index contributed by atoms with van der Waals surface area (Å²) >= 11 is 7.01. The zero-order valence-corrected chi connectivity index (χ0v) is 17.3. The number of aldehydes is 1. The molecule has 2 aliphatic rings. The Hall–Kier alpha value is -1.60. The Morgan fingerprint density at radius 1 is 1.35 bits per heavy atom. The second-order valence-corrected chi connectivity index (χ2v) is 9.10. The van der Waals surface area contributed by atoms with Gasteiger partial charge in [-0.15, -0.1) is 11.6 Å². The molecule has 2 unspecified atom stereocenters. The number of benzene rings is 1. The summed E-state index contributed by atoms with van der Waals surface area (Å²) in [7, 11) is 0. The Bertz CT molecular complexity index is 915. The zero-order valence-electron chi connectivity index (χ0n) is 16.5. The molecule has 2 heteroatoms. The maximum absolute atomic E-state index is 12.2. The average molecular weight is 369 g/mol. The van der Waals surface area contributed by atoms with E-state index in [0.717, 1.165) is 36.0 Å². The van der Waals surface area contributed by atoms with Crippen molar-refractivity contribution in [2.45, 2.75) is 64.2 Å². The van der Waals surface area contributed by atoms with Gasteiger partial charge in [0.2, 0.25) is 0 Å². The second-order valence-electron chi connectivity index (χ2n) is 8.32. The molecule has 2 atom stereocenters. The Morgan fingerprint density at radius 2 is 2.08 bits per heavy atom. The van der Waals surface area contributed by atoms with Gasteiger partial charge in [-0.25, -0.2) is 0 Å². The highest BCUT2D eigenvalue weighted by molar-refractivity contribution is 6.29. The van der Waals surface area contributed by atoms with Crippen molar-refractivity contribution in [1.29, 1.82) is 0 Å². The Labute approximate surface area is 162 Å². The molecule has 0 aliphatic heterocycles. The van der Waals surface area contributed by atoms with Gasteiger partial charge in [0.05, 0.1) is 4.87 Å². The molecule has 0 heterocycles. The van der Waals surface area contributed by atoms with Crippen LogP contribution in [0.25, 0.3) is 18.2 Å². The number of carbonyl (C=O) groups excluding carboxylic acids is 1. The molecule has 0 saturated heterocycles. The summed E-state index contributed by atoms with van der Waals surface area (Å²) in [6.07, 6.45) is 14.9. The monoisotopic (exact) mass is 368 g/mol. The Balaban J connectivity index is 2.47. The summed E-state index contributed by atoms with van der Waals surface area (Å²) in [5.41, 5.74) is 4.44. The molecule has 0 fully saturated rings. The van der Waals surface area contributed by atoms with Crippen molar-refractivity contribution in [3.63, 3.8) is 0 Å². The van der Waals surface area contributed by atoms with Crippen LogP contribution in [0.1, 0.15) is 64.2 Å². The van der Waals surface area contributed by atoms with E-state index in [1.165, 1.54) is 22.3 Å². The highest BCUT2D eigenvalue weighted by Gasteiger charge is 2.32. The number of allylic oxidation sites excluding steroid dienone is 3. The van der Waals surface area contributed by atoms with Gasteiger partial charge in [0.15, 0.2) is 0 Å². The average Bonchev–Trinajstić information content (AvgIpc) is 2.73. The summed E-state index contributed by atoms with van der Waals surface area (Å²) < 4.78 is 0. The van der Waals surface area contributed by atoms with E-state index in [9.17, 15) is 4.79 Å². The molecular formula is C24H29ClO. The van der Waals surface area contributed by atoms with Crippen LogP contribution in [-0.2, 0) is 16.6 Å². The Kier molecular flexibility index (Phi) is 5.05. The number of hydrogen-bond acceptors (Lipinski definition) is 1. The summed E-state index contributed by atoms with van der Waals surface area (Å²) in [4.78, 5) is 11.6.